The number of para-hydroxylation sites is 1. The lowest BCUT2D eigenvalue weighted by Crippen LogP contribution is -1.83. The summed E-state index contributed by atoms with van der Waals surface area (Å²) in [5.41, 5.74) is 1.05. The summed E-state index contributed by atoms with van der Waals surface area (Å²) in [4.78, 5) is 6.81. The summed E-state index contributed by atoms with van der Waals surface area (Å²) in [6, 6.07) is 18.4. The fourth-order valence-electron chi connectivity index (χ4n) is 1.93. The summed E-state index contributed by atoms with van der Waals surface area (Å²) < 4.78 is 5.17. The molecule has 3 rings (SSSR count). The molecular weight excluding hydrogens is 254 g/mol. The van der Waals surface area contributed by atoms with Crippen molar-refractivity contribution < 1.29 is 4.74 Å². The first kappa shape index (κ1) is 12.1. The van der Waals surface area contributed by atoms with Crippen molar-refractivity contribution in [2.45, 2.75) is 9.79 Å². The van der Waals surface area contributed by atoms with Crippen molar-refractivity contribution in [3.05, 3.63) is 60.8 Å². The minimum absolute atomic E-state index is 0.875. The van der Waals surface area contributed by atoms with Gasteiger partial charge in [0.2, 0.25) is 0 Å². The number of methoxy groups -OCH3 is 1. The van der Waals surface area contributed by atoms with Crippen molar-refractivity contribution in [3.63, 3.8) is 0 Å². The molecule has 1 aromatic heterocycles. The summed E-state index contributed by atoms with van der Waals surface area (Å²) in [7, 11) is 1.68. The molecule has 0 atom stereocenters. The molecule has 2 nitrogen and oxygen atoms in total. The molecule has 0 spiro atoms. The van der Waals surface area contributed by atoms with Gasteiger partial charge in [-0.1, -0.05) is 30.0 Å². The average Bonchev–Trinajstić information content (AvgIpc) is 2.48. The number of hydrogen-bond acceptors (Lipinski definition) is 3. The van der Waals surface area contributed by atoms with Gasteiger partial charge in [-0.3, -0.25) is 4.98 Å². The van der Waals surface area contributed by atoms with Crippen LogP contribution in [0.2, 0.25) is 0 Å². The molecule has 0 saturated carbocycles. The van der Waals surface area contributed by atoms with Crippen molar-refractivity contribution in [2.75, 3.05) is 7.11 Å². The zero-order valence-corrected chi connectivity index (χ0v) is 11.4. The molecule has 0 aliphatic rings. The predicted molar refractivity (Wildman–Crippen MR) is 78.9 cm³/mol. The Balaban J connectivity index is 1.96. The van der Waals surface area contributed by atoms with E-state index in [9.17, 15) is 0 Å². The second kappa shape index (κ2) is 5.33. The highest BCUT2D eigenvalue weighted by Gasteiger charge is 2.04. The Kier molecular flexibility index (Phi) is 3.38. The molecule has 0 unspecified atom stereocenters. The van der Waals surface area contributed by atoms with Crippen LogP contribution in [0.15, 0.2) is 70.6 Å². The fourth-order valence-corrected chi connectivity index (χ4v) is 2.87. The van der Waals surface area contributed by atoms with Crippen LogP contribution in [0, 0.1) is 0 Å². The third-order valence-corrected chi connectivity index (χ3v) is 3.94. The summed E-state index contributed by atoms with van der Waals surface area (Å²) >= 11 is 1.72. The Morgan fingerprint density at radius 2 is 1.74 bits per heavy atom. The van der Waals surface area contributed by atoms with Gasteiger partial charge < -0.3 is 4.74 Å². The quantitative estimate of drug-likeness (QED) is 0.702. The van der Waals surface area contributed by atoms with Crippen molar-refractivity contribution in [1.82, 2.24) is 4.98 Å². The van der Waals surface area contributed by atoms with Gasteiger partial charge in [-0.15, -0.1) is 0 Å². The van der Waals surface area contributed by atoms with Gasteiger partial charge in [-0.25, -0.2) is 0 Å². The highest BCUT2D eigenvalue weighted by atomic mass is 32.2. The molecule has 0 saturated heterocycles. The van der Waals surface area contributed by atoms with Crippen LogP contribution in [0.4, 0.5) is 0 Å². The van der Waals surface area contributed by atoms with Crippen LogP contribution >= 0.6 is 11.8 Å². The van der Waals surface area contributed by atoms with E-state index in [0.29, 0.717) is 0 Å². The zero-order chi connectivity index (χ0) is 13.1. The average molecular weight is 267 g/mol. The topological polar surface area (TPSA) is 22.1 Å². The number of fused-ring (bicyclic) bond motifs is 1. The molecule has 3 aromatic rings. The first-order chi connectivity index (χ1) is 9.36. The normalized spacial score (nSPS) is 10.6. The number of rotatable bonds is 3. The second-order valence-corrected chi connectivity index (χ2v) is 5.22. The number of pyridine rings is 1. The van der Waals surface area contributed by atoms with Gasteiger partial charge in [0.05, 0.1) is 12.6 Å². The maximum atomic E-state index is 5.17. The van der Waals surface area contributed by atoms with E-state index < -0.39 is 0 Å². The van der Waals surface area contributed by atoms with E-state index >= 15 is 0 Å². The standard InChI is InChI=1S/C16H13NOS/c1-18-13-7-9-14(10-8-13)19-15-6-2-4-12-5-3-11-17-16(12)15/h2-11H,1H3. The van der Waals surface area contributed by atoms with Crippen molar-refractivity contribution in [2.24, 2.45) is 0 Å². The first-order valence-electron chi connectivity index (χ1n) is 6.02. The Morgan fingerprint density at radius 1 is 0.947 bits per heavy atom. The number of hydrogen-bond donors (Lipinski definition) is 0. The molecular formula is C16H13NOS. The second-order valence-electron chi connectivity index (χ2n) is 4.11. The Morgan fingerprint density at radius 3 is 2.53 bits per heavy atom. The Labute approximate surface area is 116 Å². The molecule has 0 bridgehead atoms. The maximum Gasteiger partial charge on any atom is 0.118 e. The van der Waals surface area contributed by atoms with Gasteiger partial charge in [-0.2, -0.15) is 0 Å². The lowest BCUT2D eigenvalue weighted by molar-refractivity contribution is 0.414. The van der Waals surface area contributed by atoms with E-state index in [2.05, 4.69) is 41.4 Å². The summed E-state index contributed by atoms with van der Waals surface area (Å²) in [6.45, 7) is 0. The van der Waals surface area contributed by atoms with E-state index in [1.54, 1.807) is 18.9 Å². The van der Waals surface area contributed by atoms with E-state index in [1.807, 2.05) is 24.4 Å². The van der Waals surface area contributed by atoms with Gasteiger partial charge in [0.25, 0.3) is 0 Å². The first-order valence-corrected chi connectivity index (χ1v) is 6.84. The lowest BCUT2D eigenvalue weighted by Gasteiger charge is -2.06. The van der Waals surface area contributed by atoms with E-state index in [0.717, 1.165) is 11.3 Å². The molecule has 2 aromatic carbocycles. The minimum atomic E-state index is 0.875. The highest BCUT2D eigenvalue weighted by molar-refractivity contribution is 7.99. The molecule has 19 heavy (non-hydrogen) atoms. The van der Waals surface area contributed by atoms with Gasteiger partial charge in [-0.05, 0) is 36.4 Å². The Hall–Kier alpha value is -2.00. The van der Waals surface area contributed by atoms with Crippen LogP contribution in [0.3, 0.4) is 0 Å². The van der Waals surface area contributed by atoms with Crippen LogP contribution in [0.5, 0.6) is 5.75 Å². The predicted octanol–water partition coefficient (Wildman–Crippen LogP) is 4.39. The molecule has 1 heterocycles. The van der Waals surface area contributed by atoms with E-state index in [-0.39, 0.29) is 0 Å². The minimum Gasteiger partial charge on any atom is -0.497 e. The molecule has 94 valence electrons. The van der Waals surface area contributed by atoms with Crippen molar-refractivity contribution in [3.8, 4) is 5.75 Å². The lowest BCUT2D eigenvalue weighted by atomic mass is 10.2. The third kappa shape index (κ3) is 2.56. The van der Waals surface area contributed by atoms with Gasteiger partial charge in [0, 0.05) is 21.4 Å². The fraction of sp³-hybridized carbons (Fsp3) is 0.0625. The summed E-state index contributed by atoms with van der Waals surface area (Å²) in [6.07, 6.45) is 1.83. The van der Waals surface area contributed by atoms with Crippen molar-refractivity contribution in [1.29, 1.82) is 0 Å². The summed E-state index contributed by atoms with van der Waals surface area (Å²) in [5.74, 6) is 0.875. The van der Waals surface area contributed by atoms with Crippen molar-refractivity contribution >= 4 is 22.7 Å². The number of ether oxygens (including phenoxy) is 1. The van der Waals surface area contributed by atoms with Gasteiger partial charge in [0.1, 0.15) is 5.75 Å². The molecule has 0 aliphatic carbocycles. The molecule has 0 fully saturated rings. The monoisotopic (exact) mass is 267 g/mol. The Bertz CT molecular complexity index is 689. The highest BCUT2D eigenvalue weighted by Crippen LogP contribution is 2.33. The van der Waals surface area contributed by atoms with Crippen LogP contribution in [0.1, 0.15) is 0 Å². The molecule has 0 radical (unpaired) electrons. The third-order valence-electron chi connectivity index (χ3n) is 2.88. The van der Waals surface area contributed by atoms with Crippen LogP contribution in [0.25, 0.3) is 10.9 Å². The van der Waals surface area contributed by atoms with Crippen LogP contribution < -0.4 is 4.74 Å². The van der Waals surface area contributed by atoms with Gasteiger partial charge in [0.15, 0.2) is 0 Å². The largest absolute Gasteiger partial charge is 0.497 e. The molecule has 0 N–H and O–H groups in total. The SMILES string of the molecule is COc1ccc(Sc2cccc3cccnc23)cc1. The van der Waals surface area contributed by atoms with E-state index in [1.165, 1.54) is 15.2 Å². The summed E-state index contributed by atoms with van der Waals surface area (Å²) in [5, 5.41) is 1.17. The van der Waals surface area contributed by atoms with Crippen LogP contribution in [-0.2, 0) is 0 Å². The smallest absolute Gasteiger partial charge is 0.118 e. The zero-order valence-electron chi connectivity index (χ0n) is 10.5. The van der Waals surface area contributed by atoms with Crippen LogP contribution in [-0.4, -0.2) is 12.1 Å². The number of aromatic nitrogens is 1. The number of nitrogens with zero attached hydrogens (tertiary/aromatic N) is 1. The maximum absolute atomic E-state index is 5.17. The molecule has 0 amide bonds. The molecule has 0 aliphatic heterocycles. The van der Waals surface area contributed by atoms with Gasteiger partial charge >= 0.3 is 0 Å². The molecule has 3 heteroatoms. The van der Waals surface area contributed by atoms with E-state index in [4.69, 9.17) is 4.74 Å². The number of benzene rings is 2.